The van der Waals surface area contributed by atoms with Crippen molar-refractivity contribution in [2.45, 2.75) is 13.0 Å². The maximum absolute atomic E-state index is 11.2. The molecule has 0 amide bonds. The molecule has 0 aliphatic rings. The van der Waals surface area contributed by atoms with E-state index in [0.717, 1.165) is 22.4 Å². The Balaban J connectivity index is 1.93. The second kappa shape index (κ2) is 6.94. The molecule has 1 unspecified atom stereocenters. The van der Waals surface area contributed by atoms with Crippen LogP contribution in [0.3, 0.4) is 0 Å². The Kier molecular flexibility index (Phi) is 4.33. The van der Waals surface area contributed by atoms with Gasteiger partial charge in [-0.2, -0.15) is 0 Å². The molecule has 0 saturated heterocycles. The molecule has 128 valence electrons. The molecule has 4 rings (SSSR count). The molecule has 4 heteroatoms. The molecule has 1 N–H and O–H groups in total. The smallest absolute Gasteiger partial charge is 0.124 e. The maximum Gasteiger partial charge on any atom is 0.124 e. The summed E-state index contributed by atoms with van der Waals surface area (Å²) in [5.74, 6) is 0. The van der Waals surface area contributed by atoms with Crippen molar-refractivity contribution in [1.29, 1.82) is 0 Å². The summed E-state index contributed by atoms with van der Waals surface area (Å²) in [6.07, 6.45) is -0.832. The van der Waals surface area contributed by atoms with Crippen LogP contribution in [0.25, 0.3) is 16.9 Å². The Morgan fingerprint density at radius 1 is 0.808 bits per heavy atom. The number of rotatable bonds is 4. The number of aromatic nitrogens is 3. The van der Waals surface area contributed by atoms with Gasteiger partial charge in [0.05, 0.1) is 5.69 Å². The van der Waals surface area contributed by atoms with Gasteiger partial charge in [-0.15, -0.1) is 5.10 Å². The molecule has 1 aromatic heterocycles. The zero-order chi connectivity index (χ0) is 17.9. The van der Waals surface area contributed by atoms with Crippen LogP contribution in [0.1, 0.15) is 22.9 Å². The van der Waals surface area contributed by atoms with Gasteiger partial charge in [0.15, 0.2) is 0 Å². The van der Waals surface area contributed by atoms with Crippen LogP contribution in [-0.4, -0.2) is 20.1 Å². The van der Waals surface area contributed by atoms with Crippen LogP contribution in [0.15, 0.2) is 84.9 Å². The monoisotopic (exact) mass is 341 g/mol. The third kappa shape index (κ3) is 2.91. The molecule has 1 heterocycles. The molecule has 0 saturated carbocycles. The summed E-state index contributed by atoms with van der Waals surface area (Å²) in [6.45, 7) is 2.00. The van der Waals surface area contributed by atoms with Crippen molar-refractivity contribution < 1.29 is 5.11 Å². The van der Waals surface area contributed by atoms with Gasteiger partial charge < -0.3 is 5.11 Å². The maximum atomic E-state index is 11.2. The molecule has 3 aromatic carbocycles. The number of nitrogens with zero attached hydrogens (tertiary/aromatic N) is 3. The molecule has 1 atom stereocenters. The molecular weight excluding hydrogens is 322 g/mol. The van der Waals surface area contributed by atoms with Gasteiger partial charge in [-0.25, -0.2) is 4.68 Å². The number of para-hydroxylation sites is 1. The first-order valence-corrected chi connectivity index (χ1v) is 8.56. The van der Waals surface area contributed by atoms with Crippen molar-refractivity contribution in [2.24, 2.45) is 0 Å². The van der Waals surface area contributed by atoms with Crippen LogP contribution in [0.5, 0.6) is 0 Å². The molecule has 4 aromatic rings. The van der Waals surface area contributed by atoms with Crippen molar-refractivity contribution in [3.05, 3.63) is 102 Å². The van der Waals surface area contributed by atoms with Crippen molar-refractivity contribution in [2.75, 3.05) is 0 Å². The van der Waals surface area contributed by atoms with Gasteiger partial charge in [0.1, 0.15) is 17.5 Å². The Morgan fingerprint density at radius 2 is 1.42 bits per heavy atom. The number of aryl methyl sites for hydroxylation is 1. The third-order valence-electron chi connectivity index (χ3n) is 4.50. The first kappa shape index (κ1) is 16.2. The van der Waals surface area contributed by atoms with E-state index in [1.165, 1.54) is 0 Å². The van der Waals surface area contributed by atoms with Gasteiger partial charge in [-0.05, 0) is 30.2 Å². The predicted octanol–water partition coefficient (Wildman–Crippen LogP) is 4.32. The molecule has 0 fully saturated rings. The van der Waals surface area contributed by atoms with E-state index in [0.29, 0.717) is 11.4 Å². The molecule has 0 aliphatic heterocycles. The predicted molar refractivity (Wildman–Crippen MR) is 102 cm³/mol. The quantitative estimate of drug-likeness (QED) is 0.601. The van der Waals surface area contributed by atoms with Gasteiger partial charge in [-0.3, -0.25) is 0 Å². The summed E-state index contributed by atoms with van der Waals surface area (Å²) in [5.41, 5.74) is 5.02. The minimum atomic E-state index is -0.832. The fourth-order valence-corrected chi connectivity index (χ4v) is 3.14. The molecule has 4 nitrogen and oxygen atoms in total. The summed E-state index contributed by atoms with van der Waals surface area (Å²) in [6, 6.07) is 27.4. The highest BCUT2D eigenvalue weighted by molar-refractivity contribution is 5.63. The highest BCUT2D eigenvalue weighted by Gasteiger charge is 2.25. The third-order valence-corrected chi connectivity index (χ3v) is 4.50. The standard InChI is InChI=1S/C22H19N3O/c1-16-10-8-9-15-19(16)22(26)21-20(17-11-4-2-5-12-17)23-24-25(21)18-13-6-3-7-14-18/h2-15,22,26H,1H3. The second-order valence-corrected chi connectivity index (χ2v) is 6.20. The highest BCUT2D eigenvalue weighted by Crippen LogP contribution is 2.33. The number of hydrogen-bond acceptors (Lipinski definition) is 3. The second-order valence-electron chi connectivity index (χ2n) is 6.20. The molecule has 0 aliphatic carbocycles. The highest BCUT2D eigenvalue weighted by atomic mass is 16.3. The van der Waals surface area contributed by atoms with E-state index in [1.807, 2.05) is 91.9 Å². The van der Waals surface area contributed by atoms with Crippen molar-refractivity contribution in [3.8, 4) is 16.9 Å². The van der Waals surface area contributed by atoms with Gasteiger partial charge in [0.2, 0.25) is 0 Å². The summed E-state index contributed by atoms with van der Waals surface area (Å²) in [5, 5.41) is 20.0. The van der Waals surface area contributed by atoms with E-state index < -0.39 is 6.10 Å². The molecule has 0 spiro atoms. The molecular formula is C22H19N3O. The Hall–Kier alpha value is -3.24. The number of hydrogen-bond donors (Lipinski definition) is 1. The fourth-order valence-electron chi connectivity index (χ4n) is 3.14. The van der Waals surface area contributed by atoms with Crippen LogP contribution in [-0.2, 0) is 0 Å². The SMILES string of the molecule is Cc1ccccc1C(O)c1c(-c2ccccc2)nnn1-c1ccccc1. The fraction of sp³-hybridized carbons (Fsp3) is 0.0909. The Bertz CT molecular complexity index is 953. The van der Waals surface area contributed by atoms with E-state index in [9.17, 15) is 5.11 Å². The van der Waals surface area contributed by atoms with Crippen LogP contribution < -0.4 is 0 Å². The van der Waals surface area contributed by atoms with Crippen molar-refractivity contribution >= 4 is 0 Å². The summed E-state index contributed by atoms with van der Waals surface area (Å²) in [7, 11) is 0. The average molecular weight is 341 g/mol. The lowest BCUT2D eigenvalue weighted by Gasteiger charge is -2.17. The number of aliphatic hydroxyl groups is 1. The van der Waals surface area contributed by atoms with Gasteiger partial charge in [0, 0.05) is 5.56 Å². The number of aliphatic hydroxyl groups excluding tert-OH is 1. The normalized spacial score (nSPS) is 12.1. The lowest BCUT2D eigenvalue weighted by molar-refractivity contribution is 0.212. The lowest BCUT2D eigenvalue weighted by atomic mass is 9.98. The van der Waals surface area contributed by atoms with Crippen LogP contribution in [0, 0.1) is 6.92 Å². The summed E-state index contributed by atoms with van der Waals surface area (Å²) < 4.78 is 1.72. The Labute approximate surface area is 152 Å². The minimum Gasteiger partial charge on any atom is -0.382 e. The number of benzene rings is 3. The summed E-state index contributed by atoms with van der Waals surface area (Å²) in [4.78, 5) is 0. The Morgan fingerprint density at radius 3 is 2.12 bits per heavy atom. The largest absolute Gasteiger partial charge is 0.382 e. The molecule has 0 radical (unpaired) electrons. The zero-order valence-corrected chi connectivity index (χ0v) is 14.4. The van der Waals surface area contributed by atoms with Gasteiger partial charge >= 0.3 is 0 Å². The van der Waals surface area contributed by atoms with E-state index in [1.54, 1.807) is 4.68 Å². The van der Waals surface area contributed by atoms with Crippen molar-refractivity contribution in [3.63, 3.8) is 0 Å². The van der Waals surface area contributed by atoms with Crippen LogP contribution in [0.2, 0.25) is 0 Å². The van der Waals surface area contributed by atoms with Gasteiger partial charge in [-0.1, -0.05) is 78.0 Å². The average Bonchev–Trinajstić information content (AvgIpc) is 3.14. The summed E-state index contributed by atoms with van der Waals surface area (Å²) >= 11 is 0. The zero-order valence-electron chi connectivity index (χ0n) is 14.4. The van der Waals surface area contributed by atoms with Crippen LogP contribution in [0.4, 0.5) is 0 Å². The van der Waals surface area contributed by atoms with E-state index >= 15 is 0 Å². The first-order chi connectivity index (χ1) is 12.8. The van der Waals surface area contributed by atoms with Gasteiger partial charge in [0.25, 0.3) is 0 Å². The van der Waals surface area contributed by atoms with E-state index in [-0.39, 0.29) is 0 Å². The lowest BCUT2D eigenvalue weighted by Crippen LogP contribution is -2.10. The molecule has 26 heavy (non-hydrogen) atoms. The van der Waals surface area contributed by atoms with Crippen molar-refractivity contribution in [1.82, 2.24) is 15.0 Å². The molecule has 0 bridgehead atoms. The van der Waals surface area contributed by atoms with E-state index in [2.05, 4.69) is 10.3 Å². The first-order valence-electron chi connectivity index (χ1n) is 8.56. The van der Waals surface area contributed by atoms with E-state index in [4.69, 9.17) is 0 Å². The van der Waals surface area contributed by atoms with Crippen LogP contribution >= 0.6 is 0 Å². The topological polar surface area (TPSA) is 50.9 Å². The minimum absolute atomic E-state index is 0.664.